The van der Waals surface area contributed by atoms with Gasteiger partial charge in [-0.25, -0.2) is 19.0 Å². The van der Waals surface area contributed by atoms with Crippen molar-refractivity contribution in [2.45, 2.75) is 0 Å². The summed E-state index contributed by atoms with van der Waals surface area (Å²) in [5.41, 5.74) is 2.03. The van der Waals surface area contributed by atoms with Crippen LogP contribution in [0.15, 0.2) is 23.3 Å². The fourth-order valence-electron chi connectivity index (χ4n) is 0.806. The first-order valence-electron chi connectivity index (χ1n) is 3.95. The number of halogens is 2. The van der Waals surface area contributed by atoms with Crippen LogP contribution < -0.4 is 5.43 Å². The lowest BCUT2D eigenvalue weighted by atomic mass is 10.2. The maximum absolute atomic E-state index is 13.0. The summed E-state index contributed by atoms with van der Waals surface area (Å²) in [5.74, 6) is -1.43. The molecular weight excluding hydrogens is 206 g/mol. The molecule has 0 atom stereocenters. The van der Waals surface area contributed by atoms with Crippen molar-refractivity contribution >= 4 is 12.3 Å². The first kappa shape index (κ1) is 11.1. The zero-order valence-electron chi connectivity index (χ0n) is 7.83. The van der Waals surface area contributed by atoms with E-state index in [-0.39, 0.29) is 5.56 Å². The third kappa shape index (κ3) is 3.34. The van der Waals surface area contributed by atoms with E-state index in [0.29, 0.717) is 0 Å². The highest BCUT2D eigenvalue weighted by Gasteiger charge is 2.01. The molecule has 0 bridgehead atoms. The van der Waals surface area contributed by atoms with Crippen LogP contribution in [0.2, 0.25) is 0 Å². The van der Waals surface area contributed by atoms with E-state index in [1.807, 2.05) is 5.43 Å². The van der Waals surface area contributed by atoms with Crippen molar-refractivity contribution < 1.29 is 18.3 Å². The predicted octanol–water partition coefficient (Wildman–Crippen LogP) is 1.65. The van der Waals surface area contributed by atoms with Gasteiger partial charge >= 0.3 is 6.09 Å². The highest BCUT2D eigenvalue weighted by Crippen LogP contribution is 2.06. The number of carbonyl (C=O) groups excluding carboxylic acids is 1. The van der Waals surface area contributed by atoms with Gasteiger partial charge in [0.25, 0.3) is 0 Å². The number of ether oxygens (including phenoxy) is 1. The summed E-state index contributed by atoms with van der Waals surface area (Å²) in [5, 5.41) is 3.39. The Morgan fingerprint density at radius 1 is 1.53 bits per heavy atom. The van der Waals surface area contributed by atoms with Gasteiger partial charge in [0.15, 0.2) is 0 Å². The zero-order chi connectivity index (χ0) is 11.3. The summed E-state index contributed by atoms with van der Waals surface area (Å²) in [4.78, 5) is 10.5. The molecule has 0 unspecified atom stereocenters. The van der Waals surface area contributed by atoms with Gasteiger partial charge in [0.1, 0.15) is 11.6 Å². The normalized spacial score (nSPS) is 10.3. The van der Waals surface area contributed by atoms with Crippen molar-refractivity contribution in [3.8, 4) is 0 Å². The van der Waals surface area contributed by atoms with Crippen LogP contribution in [0, 0.1) is 11.6 Å². The van der Waals surface area contributed by atoms with Gasteiger partial charge in [0.05, 0.1) is 13.3 Å². The summed E-state index contributed by atoms with van der Waals surface area (Å²) in [6.45, 7) is 0. The lowest BCUT2D eigenvalue weighted by molar-refractivity contribution is 0.171. The summed E-state index contributed by atoms with van der Waals surface area (Å²) in [6.07, 6.45) is 0.278. The van der Waals surface area contributed by atoms with Gasteiger partial charge in [-0.3, -0.25) is 0 Å². The van der Waals surface area contributed by atoms with Crippen LogP contribution in [0.5, 0.6) is 0 Å². The molecule has 0 saturated carbocycles. The zero-order valence-corrected chi connectivity index (χ0v) is 7.83. The van der Waals surface area contributed by atoms with Crippen molar-refractivity contribution in [2.75, 3.05) is 7.11 Å². The van der Waals surface area contributed by atoms with Crippen LogP contribution in [0.3, 0.4) is 0 Å². The number of nitrogens with one attached hydrogen (secondary N) is 1. The van der Waals surface area contributed by atoms with Gasteiger partial charge in [0, 0.05) is 11.6 Å². The van der Waals surface area contributed by atoms with Gasteiger partial charge in [-0.2, -0.15) is 5.10 Å². The smallest absolute Gasteiger partial charge is 0.427 e. The van der Waals surface area contributed by atoms with Crippen molar-refractivity contribution in [3.63, 3.8) is 0 Å². The third-order valence-corrected chi connectivity index (χ3v) is 1.51. The number of amides is 1. The van der Waals surface area contributed by atoms with Crippen LogP contribution in [0.25, 0.3) is 0 Å². The van der Waals surface area contributed by atoms with E-state index in [1.165, 1.54) is 13.2 Å². The monoisotopic (exact) mass is 214 g/mol. The molecule has 1 N–H and O–H groups in total. The Morgan fingerprint density at radius 2 is 2.27 bits per heavy atom. The molecule has 4 nitrogen and oxygen atoms in total. The summed E-state index contributed by atoms with van der Waals surface area (Å²) < 4.78 is 29.7. The van der Waals surface area contributed by atoms with Gasteiger partial charge in [-0.1, -0.05) is 0 Å². The maximum atomic E-state index is 13.0. The number of hydrazone groups is 1. The van der Waals surface area contributed by atoms with Gasteiger partial charge in [-0.05, 0) is 12.1 Å². The fourth-order valence-corrected chi connectivity index (χ4v) is 0.806. The average Bonchev–Trinajstić information content (AvgIpc) is 2.21. The van der Waals surface area contributed by atoms with E-state index in [4.69, 9.17) is 0 Å². The fraction of sp³-hybridized carbons (Fsp3) is 0.111. The van der Waals surface area contributed by atoms with Gasteiger partial charge in [-0.15, -0.1) is 0 Å². The number of benzene rings is 1. The lowest BCUT2D eigenvalue weighted by Gasteiger charge is -1.97. The Morgan fingerprint density at radius 3 is 2.87 bits per heavy atom. The molecule has 0 aliphatic carbocycles. The van der Waals surface area contributed by atoms with E-state index < -0.39 is 17.7 Å². The summed E-state index contributed by atoms with van der Waals surface area (Å²) in [6, 6.07) is 3.01. The molecule has 6 heteroatoms. The van der Waals surface area contributed by atoms with Crippen molar-refractivity contribution in [3.05, 3.63) is 35.4 Å². The Balaban J connectivity index is 2.68. The van der Waals surface area contributed by atoms with Crippen molar-refractivity contribution in [1.82, 2.24) is 5.43 Å². The summed E-state index contributed by atoms with van der Waals surface area (Å²) >= 11 is 0. The molecule has 1 aromatic rings. The number of nitrogens with zero attached hydrogens (tertiary/aromatic N) is 1. The van der Waals surface area contributed by atoms with E-state index in [1.54, 1.807) is 0 Å². The molecular formula is C9H8F2N2O2. The average molecular weight is 214 g/mol. The molecule has 1 aromatic carbocycles. The lowest BCUT2D eigenvalue weighted by Crippen LogP contribution is -2.16. The Kier molecular flexibility index (Phi) is 3.73. The largest absolute Gasteiger partial charge is 0.452 e. The molecule has 0 aliphatic heterocycles. The number of hydrogen-bond donors (Lipinski definition) is 1. The maximum Gasteiger partial charge on any atom is 0.427 e. The molecule has 0 saturated heterocycles. The number of carbonyl (C=O) groups is 1. The first-order valence-corrected chi connectivity index (χ1v) is 3.95. The molecule has 1 amide bonds. The SMILES string of the molecule is COC(=O)NN=Cc1ccc(F)cc1F. The molecule has 0 heterocycles. The van der Waals surface area contributed by atoms with E-state index in [2.05, 4.69) is 9.84 Å². The van der Waals surface area contributed by atoms with Gasteiger partial charge < -0.3 is 4.74 Å². The van der Waals surface area contributed by atoms with E-state index in [9.17, 15) is 13.6 Å². The predicted molar refractivity (Wildman–Crippen MR) is 49.5 cm³/mol. The Hall–Kier alpha value is -1.98. The molecule has 0 aromatic heterocycles. The van der Waals surface area contributed by atoms with Crippen LogP contribution in [-0.4, -0.2) is 19.4 Å². The standard InChI is InChI=1S/C9H8F2N2O2/c1-15-9(14)13-12-5-6-2-3-7(10)4-8(6)11/h2-5H,1H3,(H,13,14). The Bertz CT molecular complexity index is 394. The van der Waals surface area contributed by atoms with Crippen LogP contribution in [-0.2, 0) is 4.74 Å². The highest BCUT2D eigenvalue weighted by molar-refractivity contribution is 5.81. The molecule has 80 valence electrons. The molecule has 1 rings (SSSR count). The molecule has 0 aliphatic rings. The third-order valence-electron chi connectivity index (χ3n) is 1.51. The highest BCUT2D eigenvalue weighted by atomic mass is 19.1. The van der Waals surface area contributed by atoms with E-state index >= 15 is 0 Å². The second-order valence-corrected chi connectivity index (χ2v) is 2.53. The topological polar surface area (TPSA) is 50.7 Å². The molecule has 0 radical (unpaired) electrons. The molecule has 0 fully saturated rings. The van der Waals surface area contributed by atoms with Crippen molar-refractivity contribution in [1.29, 1.82) is 0 Å². The number of hydrogen-bond acceptors (Lipinski definition) is 3. The first-order chi connectivity index (χ1) is 7.13. The minimum Gasteiger partial charge on any atom is -0.452 e. The Labute approximate surface area is 84.5 Å². The second-order valence-electron chi connectivity index (χ2n) is 2.53. The molecule has 15 heavy (non-hydrogen) atoms. The van der Waals surface area contributed by atoms with Gasteiger partial charge in [0.2, 0.25) is 0 Å². The van der Waals surface area contributed by atoms with Crippen LogP contribution in [0.4, 0.5) is 13.6 Å². The minimum atomic E-state index is -0.770. The number of rotatable bonds is 2. The summed E-state index contributed by atoms with van der Waals surface area (Å²) in [7, 11) is 1.17. The quantitative estimate of drug-likeness (QED) is 0.601. The number of methoxy groups -OCH3 is 1. The van der Waals surface area contributed by atoms with Crippen LogP contribution in [0.1, 0.15) is 5.56 Å². The van der Waals surface area contributed by atoms with E-state index in [0.717, 1.165) is 18.3 Å². The van der Waals surface area contributed by atoms with Crippen LogP contribution >= 0.6 is 0 Å². The van der Waals surface area contributed by atoms with Crippen molar-refractivity contribution in [2.24, 2.45) is 5.10 Å². The molecule has 0 spiro atoms. The minimum absolute atomic E-state index is 0.0628. The second kappa shape index (κ2) is 5.04.